The minimum atomic E-state index is 0.332. The molecule has 0 bridgehead atoms. The number of thioether (sulfide) groups is 1. The summed E-state index contributed by atoms with van der Waals surface area (Å²) in [5, 5.41) is 0. The van der Waals surface area contributed by atoms with Gasteiger partial charge < -0.3 is 0 Å². The summed E-state index contributed by atoms with van der Waals surface area (Å²) in [5.74, 6) is 0. The normalized spacial score (nSPS) is 11.4. The number of allylic oxidation sites excluding steroid dienone is 1. The Morgan fingerprint density at radius 2 is 1.79 bits per heavy atom. The maximum Gasteiger partial charge on any atom is 0.0118 e. The van der Waals surface area contributed by atoms with E-state index in [4.69, 9.17) is 0 Å². The van der Waals surface area contributed by atoms with Crippen LogP contribution >= 0.6 is 11.8 Å². The second kappa shape index (κ2) is 4.70. The van der Waals surface area contributed by atoms with Crippen molar-refractivity contribution in [3.8, 4) is 0 Å². The van der Waals surface area contributed by atoms with Gasteiger partial charge in [-0.25, -0.2) is 0 Å². The molecular weight excluding hydrogens is 188 g/mol. The molecular formula is C13H18S. The highest BCUT2D eigenvalue weighted by Gasteiger charge is 2.12. The summed E-state index contributed by atoms with van der Waals surface area (Å²) >= 11 is 1.78. The molecule has 0 aliphatic carbocycles. The quantitative estimate of drug-likeness (QED) is 0.644. The lowest BCUT2D eigenvalue weighted by Gasteiger charge is -2.19. The average Bonchev–Trinajstić information content (AvgIpc) is 2.02. The zero-order valence-corrected chi connectivity index (χ0v) is 10.0. The Kier molecular flexibility index (Phi) is 3.82. The fraction of sp³-hybridized carbons (Fsp3) is 0.385. The molecule has 1 aromatic rings. The van der Waals surface area contributed by atoms with Gasteiger partial charge in [0, 0.05) is 4.90 Å². The second-order valence-electron chi connectivity index (χ2n) is 4.69. The van der Waals surface area contributed by atoms with E-state index in [1.807, 2.05) is 6.07 Å². The molecule has 0 nitrogen and oxygen atoms in total. The third-order valence-corrected chi connectivity index (χ3v) is 2.67. The lowest BCUT2D eigenvalue weighted by molar-refractivity contribution is 0.418. The molecule has 0 spiro atoms. The van der Waals surface area contributed by atoms with Crippen molar-refractivity contribution in [2.75, 3.05) is 0 Å². The van der Waals surface area contributed by atoms with Gasteiger partial charge in [-0.2, -0.15) is 0 Å². The van der Waals surface area contributed by atoms with E-state index < -0.39 is 0 Å². The van der Waals surface area contributed by atoms with Crippen LogP contribution in [0.2, 0.25) is 0 Å². The zero-order chi connectivity index (χ0) is 10.6. The van der Waals surface area contributed by atoms with Gasteiger partial charge in [-0.1, -0.05) is 57.3 Å². The van der Waals surface area contributed by atoms with Crippen LogP contribution in [-0.4, -0.2) is 0 Å². The molecule has 0 aromatic heterocycles. The van der Waals surface area contributed by atoms with E-state index in [0.717, 1.165) is 6.42 Å². The van der Waals surface area contributed by atoms with Crippen LogP contribution in [0.1, 0.15) is 27.2 Å². The molecule has 0 fully saturated rings. The monoisotopic (exact) mass is 206 g/mol. The summed E-state index contributed by atoms with van der Waals surface area (Å²) in [6, 6.07) is 10.4. The Bertz CT molecular complexity index is 293. The van der Waals surface area contributed by atoms with Crippen LogP contribution in [0.25, 0.3) is 0 Å². The molecule has 0 unspecified atom stereocenters. The van der Waals surface area contributed by atoms with Crippen LogP contribution in [-0.2, 0) is 0 Å². The molecule has 76 valence electrons. The molecule has 0 amide bonds. The number of benzene rings is 1. The van der Waals surface area contributed by atoms with Crippen LogP contribution in [0.5, 0.6) is 0 Å². The minimum Gasteiger partial charge on any atom is -0.0952 e. The van der Waals surface area contributed by atoms with E-state index in [1.54, 1.807) is 11.8 Å². The van der Waals surface area contributed by atoms with Crippen LogP contribution in [0.4, 0.5) is 0 Å². The van der Waals surface area contributed by atoms with E-state index in [-0.39, 0.29) is 0 Å². The largest absolute Gasteiger partial charge is 0.0952 e. The Hall–Kier alpha value is -0.690. The Morgan fingerprint density at radius 3 is 2.29 bits per heavy atom. The molecule has 0 aliphatic heterocycles. The van der Waals surface area contributed by atoms with Gasteiger partial charge in [0.2, 0.25) is 0 Å². The maximum absolute atomic E-state index is 4.10. The second-order valence-corrected chi connectivity index (χ2v) is 5.94. The number of hydrogen-bond acceptors (Lipinski definition) is 1. The lowest BCUT2D eigenvalue weighted by atomic mass is 9.92. The van der Waals surface area contributed by atoms with Crippen molar-refractivity contribution in [1.29, 1.82) is 0 Å². The molecule has 14 heavy (non-hydrogen) atoms. The molecule has 1 rings (SSSR count). The average molecular weight is 206 g/mol. The molecule has 0 radical (unpaired) electrons. The SMILES string of the molecule is C=C(CC(C)(C)C)Sc1ccccc1. The Labute approximate surface area is 91.4 Å². The fourth-order valence-electron chi connectivity index (χ4n) is 1.28. The smallest absolute Gasteiger partial charge is 0.0118 e. The van der Waals surface area contributed by atoms with Crippen molar-refractivity contribution in [2.24, 2.45) is 5.41 Å². The van der Waals surface area contributed by atoms with Crippen LogP contribution < -0.4 is 0 Å². The molecule has 0 aliphatic rings. The summed E-state index contributed by atoms with van der Waals surface area (Å²) in [6.45, 7) is 10.8. The zero-order valence-electron chi connectivity index (χ0n) is 9.21. The van der Waals surface area contributed by atoms with E-state index in [0.29, 0.717) is 5.41 Å². The number of hydrogen-bond donors (Lipinski definition) is 0. The van der Waals surface area contributed by atoms with E-state index in [9.17, 15) is 0 Å². The topological polar surface area (TPSA) is 0 Å². The summed E-state index contributed by atoms with van der Waals surface area (Å²) in [7, 11) is 0. The van der Waals surface area contributed by atoms with Gasteiger partial charge >= 0.3 is 0 Å². The van der Waals surface area contributed by atoms with Gasteiger partial charge in [0.15, 0.2) is 0 Å². The van der Waals surface area contributed by atoms with Crippen molar-refractivity contribution in [2.45, 2.75) is 32.1 Å². The van der Waals surface area contributed by atoms with Gasteiger partial charge in [0.05, 0.1) is 0 Å². The first-order valence-corrected chi connectivity index (χ1v) is 5.70. The van der Waals surface area contributed by atoms with Crippen molar-refractivity contribution in [3.05, 3.63) is 41.8 Å². The third kappa shape index (κ3) is 4.52. The third-order valence-electron chi connectivity index (χ3n) is 1.73. The predicted octanol–water partition coefficient (Wildman–Crippen LogP) is 4.73. The van der Waals surface area contributed by atoms with Crippen LogP contribution in [0, 0.1) is 5.41 Å². The first-order valence-electron chi connectivity index (χ1n) is 4.88. The van der Waals surface area contributed by atoms with Gasteiger partial charge in [0.1, 0.15) is 0 Å². The summed E-state index contributed by atoms with van der Waals surface area (Å²) in [5.41, 5.74) is 0.332. The van der Waals surface area contributed by atoms with Crippen molar-refractivity contribution >= 4 is 11.8 Å². The van der Waals surface area contributed by atoms with Gasteiger partial charge in [0.25, 0.3) is 0 Å². The van der Waals surface area contributed by atoms with E-state index in [1.165, 1.54) is 9.80 Å². The summed E-state index contributed by atoms with van der Waals surface area (Å²) in [6.07, 6.45) is 1.06. The maximum atomic E-state index is 4.10. The molecule has 0 atom stereocenters. The Balaban J connectivity index is 2.50. The van der Waals surface area contributed by atoms with E-state index in [2.05, 4.69) is 51.6 Å². The van der Waals surface area contributed by atoms with Crippen molar-refractivity contribution in [1.82, 2.24) is 0 Å². The summed E-state index contributed by atoms with van der Waals surface area (Å²) in [4.78, 5) is 2.52. The molecule has 1 heteroatoms. The molecule has 0 heterocycles. The van der Waals surface area contributed by atoms with E-state index >= 15 is 0 Å². The fourth-order valence-corrected chi connectivity index (χ4v) is 2.41. The van der Waals surface area contributed by atoms with Gasteiger partial charge in [-0.05, 0) is 28.9 Å². The lowest BCUT2D eigenvalue weighted by Crippen LogP contribution is -2.04. The molecule has 0 saturated carbocycles. The first kappa shape index (κ1) is 11.4. The Morgan fingerprint density at radius 1 is 1.21 bits per heavy atom. The molecule has 1 aromatic carbocycles. The first-order chi connectivity index (χ1) is 6.47. The summed E-state index contributed by atoms with van der Waals surface area (Å²) < 4.78 is 0. The van der Waals surface area contributed by atoms with Crippen molar-refractivity contribution in [3.63, 3.8) is 0 Å². The number of rotatable bonds is 3. The molecule has 0 saturated heterocycles. The minimum absolute atomic E-state index is 0.332. The highest BCUT2D eigenvalue weighted by Crippen LogP contribution is 2.33. The predicted molar refractivity (Wildman–Crippen MR) is 65.5 cm³/mol. The van der Waals surface area contributed by atoms with Gasteiger partial charge in [-0.3, -0.25) is 0 Å². The van der Waals surface area contributed by atoms with Crippen LogP contribution in [0.15, 0.2) is 46.7 Å². The standard InChI is InChI=1S/C13H18S/c1-11(10-13(2,3)4)14-12-8-6-5-7-9-12/h5-9H,1,10H2,2-4H3. The van der Waals surface area contributed by atoms with Crippen LogP contribution in [0.3, 0.4) is 0 Å². The molecule has 0 N–H and O–H groups in total. The van der Waals surface area contributed by atoms with Gasteiger partial charge in [-0.15, -0.1) is 0 Å². The highest BCUT2D eigenvalue weighted by molar-refractivity contribution is 8.03. The van der Waals surface area contributed by atoms with Crippen molar-refractivity contribution < 1.29 is 0 Å². The highest BCUT2D eigenvalue weighted by atomic mass is 32.2.